The Labute approximate surface area is 99.7 Å². The van der Waals surface area contributed by atoms with Crippen molar-refractivity contribution in [2.75, 3.05) is 0 Å². The van der Waals surface area contributed by atoms with Gasteiger partial charge in [-0.2, -0.15) is 0 Å². The Morgan fingerprint density at radius 1 is 1.18 bits per heavy atom. The number of aromatic carboxylic acids is 1. The van der Waals surface area contributed by atoms with Crippen LogP contribution in [0.5, 0.6) is 0 Å². The molecule has 2 aromatic rings. The Morgan fingerprint density at radius 3 is 2.29 bits per heavy atom. The molecule has 0 bridgehead atoms. The molecule has 0 atom stereocenters. The zero-order valence-electron chi connectivity index (χ0n) is 9.81. The van der Waals surface area contributed by atoms with Gasteiger partial charge in [-0.25, -0.2) is 4.79 Å². The highest BCUT2D eigenvalue weighted by molar-refractivity contribution is 5.86. The maximum atomic E-state index is 10.7. The molecule has 0 fully saturated rings. The summed E-state index contributed by atoms with van der Waals surface area (Å²) >= 11 is 0. The fraction of sp³-hybridized carbons (Fsp3) is 0.214. The van der Waals surface area contributed by atoms with Crippen LogP contribution < -0.4 is 0 Å². The zero-order chi connectivity index (χ0) is 12.4. The predicted octanol–water partition coefficient (Wildman–Crippen LogP) is 3.77. The summed E-state index contributed by atoms with van der Waals surface area (Å²) < 4.78 is 4.96. The highest BCUT2D eigenvalue weighted by Crippen LogP contribution is 2.24. The number of carboxylic acids is 1. The van der Waals surface area contributed by atoms with Crippen molar-refractivity contribution < 1.29 is 14.3 Å². The first kappa shape index (κ1) is 11.5. The van der Waals surface area contributed by atoms with E-state index in [0.717, 1.165) is 11.1 Å². The molecule has 1 N–H and O–H groups in total. The van der Waals surface area contributed by atoms with Gasteiger partial charge < -0.3 is 9.52 Å². The van der Waals surface area contributed by atoms with Gasteiger partial charge >= 0.3 is 5.97 Å². The molecule has 0 amide bonds. The molecule has 0 unspecified atom stereocenters. The lowest BCUT2D eigenvalue weighted by Gasteiger charge is -2.05. The molecule has 1 heterocycles. The molecule has 88 valence electrons. The lowest BCUT2D eigenvalue weighted by molar-refractivity contribution is 0.0662. The standard InChI is InChI=1S/C14H14O3/c1-9(2)10-3-5-11(6-4-10)12-7-13(14(15)16)17-8-12/h3-9H,1-2H3,(H,15,16). The lowest BCUT2D eigenvalue weighted by Crippen LogP contribution is -1.91. The molecule has 1 aromatic heterocycles. The van der Waals surface area contributed by atoms with Crippen LogP contribution in [-0.4, -0.2) is 11.1 Å². The summed E-state index contributed by atoms with van der Waals surface area (Å²) in [4.78, 5) is 10.7. The Balaban J connectivity index is 2.30. The van der Waals surface area contributed by atoms with E-state index in [1.54, 1.807) is 0 Å². The second-order valence-electron chi connectivity index (χ2n) is 4.28. The number of carbonyl (C=O) groups is 1. The van der Waals surface area contributed by atoms with Crippen LogP contribution in [0.2, 0.25) is 0 Å². The van der Waals surface area contributed by atoms with Gasteiger partial charge in [0, 0.05) is 5.56 Å². The van der Waals surface area contributed by atoms with E-state index in [-0.39, 0.29) is 5.76 Å². The lowest BCUT2D eigenvalue weighted by atomic mass is 10.00. The van der Waals surface area contributed by atoms with Crippen LogP contribution in [0.3, 0.4) is 0 Å². The molecular formula is C14H14O3. The van der Waals surface area contributed by atoms with Gasteiger partial charge in [0.15, 0.2) is 0 Å². The molecule has 0 aliphatic heterocycles. The minimum absolute atomic E-state index is 0.0343. The molecule has 3 heteroatoms. The Bertz CT molecular complexity index is 521. The first-order valence-electron chi connectivity index (χ1n) is 5.50. The van der Waals surface area contributed by atoms with Crippen molar-refractivity contribution in [3.8, 4) is 11.1 Å². The van der Waals surface area contributed by atoms with Crippen LogP contribution in [0.25, 0.3) is 11.1 Å². The number of rotatable bonds is 3. The van der Waals surface area contributed by atoms with Gasteiger partial charge in [0.2, 0.25) is 5.76 Å². The molecular weight excluding hydrogens is 216 g/mol. The van der Waals surface area contributed by atoms with Gasteiger partial charge in [-0.15, -0.1) is 0 Å². The normalized spacial score (nSPS) is 10.8. The highest BCUT2D eigenvalue weighted by atomic mass is 16.4. The highest BCUT2D eigenvalue weighted by Gasteiger charge is 2.10. The minimum Gasteiger partial charge on any atom is -0.475 e. The number of benzene rings is 1. The number of hydrogen-bond acceptors (Lipinski definition) is 2. The second-order valence-corrected chi connectivity index (χ2v) is 4.28. The SMILES string of the molecule is CC(C)c1ccc(-c2coc(C(=O)O)c2)cc1. The average molecular weight is 230 g/mol. The Morgan fingerprint density at radius 2 is 1.82 bits per heavy atom. The topological polar surface area (TPSA) is 50.4 Å². The summed E-state index contributed by atoms with van der Waals surface area (Å²) in [5.41, 5.74) is 3.01. The van der Waals surface area contributed by atoms with Crippen LogP contribution in [0.1, 0.15) is 35.9 Å². The van der Waals surface area contributed by atoms with Crippen LogP contribution in [0.15, 0.2) is 41.0 Å². The van der Waals surface area contributed by atoms with Crippen LogP contribution in [0, 0.1) is 0 Å². The van der Waals surface area contributed by atoms with E-state index in [1.807, 2.05) is 24.3 Å². The van der Waals surface area contributed by atoms with E-state index in [0.29, 0.717) is 5.92 Å². The van der Waals surface area contributed by atoms with Gasteiger partial charge in [0.05, 0.1) is 6.26 Å². The maximum Gasteiger partial charge on any atom is 0.371 e. The number of carboxylic acid groups (broad SMARTS) is 1. The minimum atomic E-state index is -1.05. The average Bonchev–Trinajstić information content (AvgIpc) is 2.78. The summed E-state index contributed by atoms with van der Waals surface area (Å²) in [6.07, 6.45) is 1.47. The third kappa shape index (κ3) is 2.38. The molecule has 0 aliphatic rings. The summed E-state index contributed by atoms with van der Waals surface area (Å²) in [5.74, 6) is -0.592. The van der Waals surface area contributed by atoms with E-state index in [4.69, 9.17) is 9.52 Å². The number of hydrogen-bond donors (Lipinski definition) is 1. The largest absolute Gasteiger partial charge is 0.475 e. The quantitative estimate of drug-likeness (QED) is 0.873. The third-order valence-electron chi connectivity index (χ3n) is 2.72. The third-order valence-corrected chi connectivity index (χ3v) is 2.72. The molecule has 0 saturated carbocycles. The first-order chi connectivity index (χ1) is 8.08. The van der Waals surface area contributed by atoms with Crippen molar-refractivity contribution >= 4 is 5.97 Å². The van der Waals surface area contributed by atoms with Gasteiger partial charge in [0.1, 0.15) is 0 Å². The monoisotopic (exact) mass is 230 g/mol. The Hall–Kier alpha value is -2.03. The van der Waals surface area contributed by atoms with Crippen molar-refractivity contribution in [2.45, 2.75) is 19.8 Å². The first-order valence-corrected chi connectivity index (χ1v) is 5.50. The van der Waals surface area contributed by atoms with Crippen LogP contribution in [0.4, 0.5) is 0 Å². The van der Waals surface area contributed by atoms with Crippen LogP contribution in [-0.2, 0) is 0 Å². The predicted molar refractivity (Wildman–Crippen MR) is 65.2 cm³/mol. The van der Waals surface area contributed by atoms with Crippen molar-refractivity contribution in [3.05, 3.63) is 47.9 Å². The van der Waals surface area contributed by atoms with E-state index in [9.17, 15) is 4.79 Å². The molecule has 3 nitrogen and oxygen atoms in total. The molecule has 0 spiro atoms. The molecule has 17 heavy (non-hydrogen) atoms. The van der Waals surface area contributed by atoms with E-state index < -0.39 is 5.97 Å². The van der Waals surface area contributed by atoms with Crippen molar-refractivity contribution in [1.82, 2.24) is 0 Å². The van der Waals surface area contributed by atoms with E-state index in [2.05, 4.69) is 13.8 Å². The van der Waals surface area contributed by atoms with Gasteiger partial charge in [-0.1, -0.05) is 38.1 Å². The second kappa shape index (κ2) is 4.45. The maximum absolute atomic E-state index is 10.7. The van der Waals surface area contributed by atoms with Gasteiger partial charge in [-0.05, 0) is 23.1 Å². The molecule has 0 aliphatic carbocycles. The summed E-state index contributed by atoms with van der Waals surface area (Å²) in [6.45, 7) is 4.27. The Kier molecular flexibility index (Phi) is 3.00. The summed E-state index contributed by atoms with van der Waals surface area (Å²) in [6, 6.07) is 9.59. The van der Waals surface area contributed by atoms with Gasteiger partial charge in [0.25, 0.3) is 0 Å². The number of furan rings is 1. The van der Waals surface area contributed by atoms with E-state index in [1.165, 1.54) is 17.9 Å². The van der Waals surface area contributed by atoms with E-state index >= 15 is 0 Å². The summed E-state index contributed by atoms with van der Waals surface area (Å²) in [5, 5.41) is 8.77. The molecule has 0 saturated heterocycles. The summed E-state index contributed by atoms with van der Waals surface area (Å²) in [7, 11) is 0. The fourth-order valence-electron chi connectivity index (χ4n) is 1.66. The fourth-order valence-corrected chi connectivity index (χ4v) is 1.66. The molecule has 2 rings (SSSR count). The zero-order valence-corrected chi connectivity index (χ0v) is 9.81. The molecule has 0 radical (unpaired) electrons. The van der Waals surface area contributed by atoms with Gasteiger partial charge in [-0.3, -0.25) is 0 Å². The smallest absolute Gasteiger partial charge is 0.371 e. The van der Waals surface area contributed by atoms with Crippen molar-refractivity contribution in [2.24, 2.45) is 0 Å². The van der Waals surface area contributed by atoms with Crippen molar-refractivity contribution in [3.63, 3.8) is 0 Å². The van der Waals surface area contributed by atoms with Crippen molar-refractivity contribution in [1.29, 1.82) is 0 Å². The van der Waals surface area contributed by atoms with Crippen LogP contribution >= 0.6 is 0 Å². The molecule has 1 aromatic carbocycles.